The molecule has 0 radical (unpaired) electrons. The van der Waals surface area contributed by atoms with Crippen LogP contribution < -0.4 is 5.32 Å². The highest BCUT2D eigenvalue weighted by atomic mass is 31.1. The van der Waals surface area contributed by atoms with E-state index in [2.05, 4.69) is 73.9 Å². The highest BCUT2D eigenvalue weighted by Gasteiger charge is 2.15. The molecular formula is C18H20NP. The molecule has 1 N–H and O–H groups in total. The fraction of sp³-hybridized carbons (Fsp3) is 0.222. The first kappa shape index (κ1) is 13.5. The van der Waals surface area contributed by atoms with Gasteiger partial charge in [0, 0.05) is 0 Å². The molecule has 0 bridgehead atoms. The van der Waals surface area contributed by atoms with E-state index in [1.807, 2.05) is 0 Å². The second-order valence-corrected chi connectivity index (χ2v) is 6.70. The SMILES string of the molecule is CCPC(NC)c1c2ccccc2cc2ccccc12. The Morgan fingerprint density at radius 3 is 2.00 bits per heavy atom. The van der Waals surface area contributed by atoms with E-state index in [-0.39, 0.29) is 0 Å². The maximum atomic E-state index is 3.52. The average Bonchev–Trinajstić information content (AvgIpc) is 2.50. The van der Waals surface area contributed by atoms with Gasteiger partial charge in [0.2, 0.25) is 0 Å². The van der Waals surface area contributed by atoms with Crippen molar-refractivity contribution in [2.45, 2.75) is 12.7 Å². The lowest BCUT2D eigenvalue weighted by molar-refractivity contribution is 0.799. The van der Waals surface area contributed by atoms with Crippen LogP contribution in [0.3, 0.4) is 0 Å². The first-order chi connectivity index (χ1) is 9.85. The number of rotatable bonds is 4. The second-order valence-electron chi connectivity index (χ2n) is 5.01. The molecule has 102 valence electrons. The van der Waals surface area contributed by atoms with Gasteiger partial charge >= 0.3 is 0 Å². The maximum absolute atomic E-state index is 3.52. The Morgan fingerprint density at radius 1 is 0.950 bits per heavy atom. The van der Waals surface area contributed by atoms with Crippen molar-refractivity contribution < 1.29 is 0 Å². The lowest BCUT2D eigenvalue weighted by atomic mass is 9.96. The zero-order chi connectivity index (χ0) is 13.9. The molecule has 0 aromatic heterocycles. The molecule has 0 amide bonds. The Labute approximate surface area is 122 Å². The molecule has 3 rings (SSSR count). The van der Waals surface area contributed by atoms with Crippen LogP contribution >= 0.6 is 8.58 Å². The van der Waals surface area contributed by atoms with E-state index in [0.29, 0.717) is 5.78 Å². The van der Waals surface area contributed by atoms with Gasteiger partial charge in [0.1, 0.15) is 0 Å². The predicted octanol–water partition coefficient (Wildman–Crippen LogP) is 4.91. The van der Waals surface area contributed by atoms with Crippen LogP contribution in [-0.2, 0) is 0 Å². The Bertz CT molecular complexity index is 682. The largest absolute Gasteiger partial charge is 0.310 e. The summed E-state index contributed by atoms with van der Waals surface area (Å²) in [7, 11) is 2.97. The summed E-state index contributed by atoms with van der Waals surface area (Å²) in [6.45, 7) is 2.26. The van der Waals surface area contributed by atoms with Crippen LogP contribution in [0.5, 0.6) is 0 Å². The van der Waals surface area contributed by atoms with E-state index >= 15 is 0 Å². The molecule has 0 fully saturated rings. The van der Waals surface area contributed by atoms with Crippen molar-refractivity contribution in [1.29, 1.82) is 0 Å². The van der Waals surface area contributed by atoms with Gasteiger partial charge in [-0.15, -0.1) is 0 Å². The van der Waals surface area contributed by atoms with Crippen LogP contribution in [0, 0.1) is 0 Å². The number of hydrogen-bond acceptors (Lipinski definition) is 1. The lowest BCUT2D eigenvalue weighted by Gasteiger charge is -2.21. The minimum atomic E-state index is 0.441. The van der Waals surface area contributed by atoms with Crippen molar-refractivity contribution in [2.75, 3.05) is 13.2 Å². The van der Waals surface area contributed by atoms with Gasteiger partial charge in [-0.05, 0) is 46.4 Å². The van der Waals surface area contributed by atoms with Gasteiger partial charge in [-0.3, -0.25) is 0 Å². The predicted molar refractivity (Wildman–Crippen MR) is 92.1 cm³/mol. The molecular weight excluding hydrogens is 261 g/mol. The molecule has 0 spiro atoms. The first-order valence-electron chi connectivity index (χ1n) is 7.16. The van der Waals surface area contributed by atoms with Gasteiger partial charge in [0.25, 0.3) is 0 Å². The van der Waals surface area contributed by atoms with E-state index in [1.54, 1.807) is 0 Å². The van der Waals surface area contributed by atoms with Gasteiger partial charge in [-0.2, -0.15) is 0 Å². The monoisotopic (exact) mass is 281 g/mol. The minimum absolute atomic E-state index is 0.441. The number of fused-ring (bicyclic) bond motifs is 2. The van der Waals surface area contributed by atoms with E-state index in [0.717, 1.165) is 8.58 Å². The summed E-state index contributed by atoms with van der Waals surface area (Å²) in [4.78, 5) is 0. The molecule has 0 aliphatic heterocycles. The summed E-state index contributed by atoms with van der Waals surface area (Å²) in [6.07, 6.45) is 1.21. The molecule has 0 saturated heterocycles. The summed E-state index contributed by atoms with van der Waals surface area (Å²) >= 11 is 0. The molecule has 0 aliphatic carbocycles. The number of nitrogens with one attached hydrogen (secondary N) is 1. The third kappa shape index (κ3) is 2.32. The third-order valence-corrected chi connectivity index (χ3v) is 5.19. The first-order valence-corrected chi connectivity index (χ1v) is 8.44. The van der Waals surface area contributed by atoms with E-state index in [9.17, 15) is 0 Å². The number of hydrogen-bond donors (Lipinski definition) is 1. The topological polar surface area (TPSA) is 12.0 Å². The molecule has 0 aliphatic rings. The summed E-state index contributed by atoms with van der Waals surface area (Å²) in [5.41, 5.74) is 1.46. The molecule has 3 aromatic carbocycles. The highest BCUT2D eigenvalue weighted by Crippen LogP contribution is 2.40. The van der Waals surface area contributed by atoms with Crippen molar-refractivity contribution in [3.63, 3.8) is 0 Å². The van der Waals surface area contributed by atoms with Gasteiger partial charge in [0.05, 0.1) is 5.78 Å². The van der Waals surface area contributed by atoms with Crippen LogP contribution in [0.1, 0.15) is 18.3 Å². The molecule has 20 heavy (non-hydrogen) atoms. The quantitative estimate of drug-likeness (QED) is 0.529. The fourth-order valence-corrected chi connectivity index (χ4v) is 4.04. The number of benzene rings is 3. The summed E-state index contributed by atoms with van der Waals surface area (Å²) in [5, 5.41) is 8.95. The van der Waals surface area contributed by atoms with Gasteiger partial charge in [-0.25, -0.2) is 0 Å². The van der Waals surface area contributed by atoms with E-state index < -0.39 is 0 Å². The normalized spacial score (nSPS) is 13.5. The molecule has 2 heteroatoms. The molecule has 2 unspecified atom stereocenters. The molecule has 1 nitrogen and oxygen atoms in total. The van der Waals surface area contributed by atoms with E-state index in [4.69, 9.17) is 0 Å². The average molecular weight is 281 g/mol. The molecule has 0 heterocycles. The van der Waals surface area contributed by atoms with Crippen LogP contribution in [-0.4, -0.2) is 13.2 Å². The minimum Gasteiger partial charge on any atom is -0.310 e. The second kappa shape index (κ2) is 5.91. The van der Waals surface area contributed by atoms with Crippen LogP contribution in [0.2, 0.25) is 0 Å². The standard InChI is InChI=1S/C18H20NP/c1-3-20-18(19-2)17-15-10-6-4-8-13(15)12-14-9-5-7-11-16(14)17/h4-12,18-20H,3H2,1-2H3. The van der Waals surface area contributed by atoms with Crippen LogP contribution in [0.25, 0.3) is 21.5 Å². The van der Waals surface area contributed by atoms with E-state index in [1.165, 1.54) is 33.3 Å². The van der Waals surface area contributed by atoms with Crippen molar-refractivity contribution >= 4 is 30.1 Å². The Balaban J connectivity index is 2.38. The summed E-state index contributed by atoms with van der Waals surface area (Å²) in [6, 6.07) is 19.8. The fourth-order valence-electron chi connectivity index (χ4n) is 2.91. The molecule has 3 aromatic rings. The summed E-state index contributed by atoms with van der Waals surface area (Å²) < 4.78 is 0. The van der Waals surface area contributed by atoms with Crippen molar-refractivity contribution in [3.8, 4) is 0 Å². The maximum Gasteiger partial charge on any atom is 0.0502 e. The van der Waals surface area contributed by atoms with Gasteiger partial charge < -0.3 is 5.32 Å². The van der Waals surface area contributed by atoms with Gasteiger partial charge in [-0.1, -0.05) is 64.0 Å². The zero-order valence-electron chi connectivity index (χ0n) is 12.0. The smallest absolute Gasteiger partial charge is 0.0502 e. The summed E-state index contributed by atoms with van der Waals surface area (Å²) in [5.74, 6) is 0.441. The molecule has 2 atom stereocenters. The van der Waals surface area contributed by atoms with Gasteiger partial charge in [0.15, 0.2) is 0 Å². The van der Waals surface area contributed by atoms with Crippen molar-refractivity contribution in [3.05, 3.63) is 60.2 Å². The Hall–Kier alpha value is -1.43. The third-order valence-electron chi connectivity index (χ3n) is 3.80. The Morgan fingerprint density at radius 2 is 1.50 bits per heavy atom. The Kier molecular flexibility index (Phi) is 4.00. The van der Waals surface area contributed by atoms with Crippen LogP contribution in [0.4, 0.5) is 0 Å². The van der Waals surface area contributed by atoms with Crippen molar-refractivity contribution in [1.82, 2.24) is 5.32 Å². The van der Waals surface area contributed by atoms with Crippen LogP contribution in [0.15, 0.2) is 54.6 Å². The highest BCUT2D eigenvalue weighted by molar-refractivity contribution is 7.38. The zero-order valence-corrected chi connectivity index (χ0v) is 13.0. The lowest BCUT2D eigenvalue weighted by Crippen LogP contribution is -2.13. The molecule has 0 saturated carbocycles. The van der Waals surface area contributed by atoms with Crippen molar-refractivity contribution in [2.24, 2.45) is 0 Å².